The molecule has 0 saturated heterocycles. The molecule has 0 aliphatic rings. The number of ketones is 1. The van der Waals surface area contributed by atoms with Crippen LogP contribution in [0.2, 0.25) is 0 Å². The smallest absolute Gasteiger partial charge is 0.186 e. The van der Waals surface area contributed by atoms with Gasteiger partial charge in [0.05, 0.1) is 0 Å². The molecular formula is C13H23O2. The van der Waals surface area contributed by atoms with Crippen LogP contribution in [0, 0.1) is 6.42 Å². The summed E-state index contributed by atoms with van der Waals surface area (Å²) in [6, 6.07) is 0. The molecule has 0 aromatic carbocycles. The van der Waals surface area contributed by atoms with Crippen LogP contribution < -0.4 is 0 Å². The first-order valence-corrected chi connectivity index (χ1v) is 5.84. The Morgan fingerprint density at radius 1 is 1.33 bits per heavy atom. The molecular weight excluding hydrogens is 188 g/mol. The van der Waals surface area contributed by atoms with Gasteiger partial charge in [0.1, 0.15) is 5.60 Å². The SMILES string of the molecule is C=CC(=O)C(O)([CH]CCCC)CCCC. The highest BCUT2D eigenvalue weighted by Crippen LogP contribution is 2.22. The van der Waals surface area contributed by atoms with E-state index < -0.39 is 5.60 Å². The van der Waals surface area contributed by atoms with Gasteiger partial charge in [0, 0.05) is 6.42 Å². The highest BCUT2D eigenvalue weighted by Gasteiger charge is 2.32. The number of aliphatic hydroxyl groups is 1. The summed E-state index contributed by atoms with van der Waals surface area (Å²) in [6.07, 6.45) is 8.19. The zero-order valence-corrected chi connectivity index (χ0v) is 9.96. The normalized spacial score (nSPS) is 14.6. The van der Waals surface area contributed by atoms with Crippen molar-refractivity contribution in [2.24, 2.45) is 0 Å². The molecule has 0 aliphatic heterocycles. The monoisotopic (exact) mass is 211 g/mol. The van der Waals surface area contributed by atoms with Gasteiger partial charge in [-0.15, -0.1) is 0 Å². The van der Waals surface area contributed by atoms with E-state index in [4.69, 9.17) is 0 Å². The lowest BCUT2D eigenvalue weighted by Crippen LogP contribution is -2.38. The van der Waals surface area contributed by atoms with Gasteiger partial charge in [0.15, 0.2) is 5.78 Å². The highest BCUT2D eigenvalue weighted by molar-refractivity contribution is 5.97. The summed E-state index contributed by atoms with van der Waals surface area (Å²) < 4.78 is 0. The molecule has 0 saturated carbocycles. The van der Waals surface area contributed by atoms with Gasteiger partial charge in [-0.3, -0.25) is 4.79 Å². The van der Waals surface area contributed by atoms with Gasteiger partial charge in [-0.2, -0.15) is 0 Å². The predicted octanol–water partition coefficient (Wildman–Crippen LogP) is 3.06. The molecule has 0 aliphatic carbocycles. The van der Waals surface area contributed by atoms with E-state index in [-0.39, 0.29) is 5.78 Å². The number of carbonyl (C=O) groups is 1. The third-order valence-electron chi connectivity index (χ3n) is 2.56. The first-order chi connectivity index (χ1) is 7.10. The minimum Gasteiger partial charge on any atom is -0.381 e. The number of hydrogen-bond acceptors (Lipinski definition) is 2. The summed E-state index contributed by atoms with van der Waals surface area (Å²) in [5, 5.41) is 10.2. The molecule has 0 aromatic heterocycles. The van der Waals surface area contributed by atoms with Crippen molar-refractivity contribution in [1.29, 1.82) is 0 Å². The molecule has 1 unspecified atom stereocenters. The second-order valence-corrected chi connectivity index (χ2v) is 3.94. The maximum atomic E-state index is 11.5. The molecule has 0 heterocycles. The predicted molar refractivity (Wildman–Crippen MR) is 63.5 cm³/mol. The lowest BCUT2D eigenvalue weighted by molar-refractivity contribution is -0.130. The van der Waals surface area contributed by atoms with Crippen LogP contribution in [0.1, 0.15) is 52.4 Å². The molecule has 0 aromatic rings. The van der Waals surface area contributed by atoms with Crippen LogP contribution in [-0.4, -0.2) is 16.5 Å². The molecule has 0 bridgehead atoms. The van der Waals surface area contributed by atoms with Crippen LogP contribution in [-0.2, 0) is 4.79 Å². The van der Waals surface area contributed by atoms with Gasteiger partial charge in [-0.05, 0) is 18.9 Å². The standard InChI is InChI=1S/C13H23O2/c1-4-7-9-11-13(15,10-8-5-2)12(14)6-3/h6,11,15H,3-5,7-10H2,1-2H3. The molecule has 1 N–H and O–H groups in total. The van der Waals surface area contributed by atoms with Crippen molar-refractivity contribution in [2.45, 2.75) is 58.0 Å². The summed E-state index contributed by atoms with van der Waals surface area (Å²) in [6.45, 7) is 7.57. The molecule has 0 fully saturated rings. The first kappa shape index (κ1) is 14.4. The van der Waals surface area contributed by atoms with Gasteiger partial charge in [0.25, 0.3) is 0 Å². The van der Waals surface area contributed by atoms with E-state index in [1.165, 1.54) is 6.08 Å². The minimum atomic E-state index is -1.27. The Hall–Kier alpha value is -0.630. The zero-order chi connectivity index (χ0) is 11.7. The Kier molecular flexibility index (Phi) is 7.31. The summed E-state index contributed by atoms with van der Waals surface area (Å²) in [4.78, 5) is 11.5. The molecule has 1 radical (unpaired) electrons. The molecule has 2 nitrogen and oxygen atoms in total. The zero-order valence-electron chi connectivity index (χ0n) is 9.96. The Balaban J connectivity index is 4.26. The molecule has 1 atom stereocenters. The van der Waals surface area contributed by atoms with Crippen molar-refractivity contribution in [2.75, 3.05) is 0 Å². The summed E-state index contributed by atoms with van der Waals surface area (Å²) in [7, 11) is 0. The second-order valence-electron chi connectivity index (χ2n) is 3.94. The summed E-state index contributed by atoms with van der Waals surface area (Å²) >= 11 is 0. The van der Waals surface area contributed by atoms with Crippen LogP contribution in [0.15, 0.2) is 12.7 Å². The van der Waals surface area contributed by atoms with Crippen LogP contribution >= 0.6 is 0 Å². The van der Waals surface area contributed by atoms with Crippen LogP contribution in [0.3, 0.4) is 0 Å². The lowest BCUT2D eigenvalue weighted by atomic mass is 9.86. The average molecular weight is 211 g/mol. The van der Waals surface area contributed by atoms with Crippen molar-refractivity contribution in [3.05, 3.63) is 19.1 Å². The van der Waals surface area contributed by atoms with Crippen LogP contribution in [0.4, 0.5) is 0 Å². The second kappa shape index (κ2) is 7.63. The Bertz CT molecular complexity index is 199. The van der Waals surface area contributed by atoms with Crippen molar-refractivity contribution < 1.29 is 9.90 Å². The van der Waals surface area contributed by atoms with E-state index in [0.717, 1.165) is 32.1 Å². The summed E-state index contributed by atoms with van der Waals surface area (Å²) in [5.74, 6) is -0.271. The van der Waals surface area contributed by atoms with E-state index in [2.05, 4.69) is 13.5 Å². The van der Waals surface area contributed by atoms with Gasteiger partial charge in [-0.25, -0.2) is 0 Å². The van der Waals surface area contributed by atoms with E-state index >= 15 is 0 Å². The maximum absolute atomic E-state index is 11.5. The lowest BCUT2D eigenvalue weighted by Gasteiger charge is -2.24. The molecule has 87 valence electrons. The minimum absolute atomic E-state index is 0.271. The van der Waals surface area contributed by atoms with Crippen LogP contribution in [0.25, 0.3) is 0 Å². The Morgan fingerprint density at radius 3 is 2.40 bits per heavy atom. The van der Waals surface area contributed by atoms with E-state index in [1.54, 1.807) is 6.42 Å². The number of carbonyl (C=O) groups excluding carboxylic acids is 1. The molecule has 2 heteroatoms. The topological polar surface area (TPSA) is 37.3 Å². The molecule has 0 amide bonds. The fourth-order valence-electron chi connectivity index (χ4n) is 1.49. The van der Waals surface area contributed by atoms with Crippen LogP contribution in [0.5, 0.6) is 0 Å². The number of unbranched alkanes of at least 4 members (excludes halogenated alkanes) is 3. The van der Waals surface area contributed by atoms with Crippen molar-refractivity contribution in [3.8, 4) is 0 Å². The maximum Gasteiger partial charge on any atom is 0.186 e. The largest absolute Gasteiger partial charge is 0.381 e. The van der Waals surface area contributed by atoms with E-state index in [9.17, 15) is 9.90 Å². The number of hydrogen-bond donors (Lipinski definition) is 1. The van der Waals surface area contributed by atoms with Crippen molar-refractivity contribution >= 4 is 5.78 Å². The van der Waals surface area contributed by atoms with Gasteiger partial charge in [-0.1, -0.05) is 46.1 Å². The fourth-order valence-corrected chi connectivity index (χ4v) is 1.49. The van der Waals surface area contributed by atoms with Gasteiger partial charge < -0.3 is 5.11 Å². The first-order valence-electron chi connectivity index (χ1n) is 5.84. The van der Waals surface area contributed by atoms with E-state index in [0.29, 0.717) is 6.42 Å². The highest BCUT2D eigenvalue weighted by atomic mass is 16.3. The fraction of sp³-hybridized carbons (Fsp3) is 0.692. The van der Waals surface area contributed by atoms with E-state index in [1.807, 2.05) is 6.92 Å². The Labute approximate surface area is 93.4 Å². The van der Waals surface area contributed by atoms with Crippen molar-refractivity contribution in [1.82, 2.24) is 0 Å². The van der Waals surface area contributed by atoms with Crippen molar-refractivity contribution in [3.63, 3.8) is 0 Å². The van der Waals surface area contributed by atoms with Gasteiger partial charge >= 0.3 is 0 Å². The molecule has 0 rings (SSSR count). The average Bonchev–Trinajstić information content (AvgIpc) is 2.25. The Morgan fingerprint density at radius 2 is 1.93 bits per heavy atom. The molecule has 15 heavy (non-hydrogen) atoms. The molecule has 0 spiro atoms. The number of rotatable bonds is 9. The third kappa shape index (κ3) is 5.12. The summed E-state index contributed by atoms with van der Waals surface area (Å²) in [5.41, 5.74) is -1.27. The van der Waals surface area contributed by atoms with Gasteiger partial charge in [0.2, 0.25) is 0 Å². The third-order valence-corrected chi connectivity index (χ3v) is 2.56. The quantitative estimate of drug-likeness (QED) is 0.470.